The van der Waals surface area contributed by atoms with E-state index in [9.17, 15) is 9.59 Å². The van der Waals surface area contributed by atoms with Crippen molar-refractivity contribution >= 4 is 23.2 Å². The number of hydrogen-bond acceptors (Lipinski definition) is 6. The molecule has 35 heavy (non-hydrogen) atoms. The third-order valence-corrected chi connectivity index (χ3v) is 6.03. The minimum Gasteiger partial charge on any atom is -0.494 e. The highest BCUT2D eigenvalue weighted by atomic mass is 16.5. The minimum absolute atomic E-state index is 0.0798. The number of nitrogens with zero attached hydrogens (tertiary/aromatic N) is 3. The molecule has 0 aliphatic carbocycles. The number of benzene rings is 2. The molecule has 0 saturated carbocycles. The van der Waals surface area contributed by atoms with E-state index < -0.39 is 11.8 Å². The van der Waals surface area contributed by atoms with Crippen molar-refractivity contribution in [1.29, 1.82) is 0 Å². The summed E-state index contributed by atoms with van der Waals surface area (Å²) in [4.78, 5) is 34.0. The number of rotatable bonds is 8. The maximum atomic E-state index is 12.6. The molecule has 1 fully saturated rings. The Balaban J connectivity index is 1.35. The predicted octanol–water partition coefficient (Wildman–Crippen LogP) is 3.10. The van der Waals surface area contributed by atoms with Crippen LogP contribution in [0.15, 0.2) is 79.1 Å². The number of piperazine rings is 1. The topological polar surface area (TPSA) is 86.8 Å². The number of anilines is 2. The lowest BCUT2D eigenvalue weighted by molar-refractivity contribution is -0.136. The largest absolute Gasteiger partial charge is 0.494 e. The Bertz CT molecular complexity index is 1080. The quantitative estimate of drug-likeness (QED) is 0.489. The molecular weight excluding hydrogens is 442 g/mol. The molecular formula is C27H31N5O3. The summed E-state index contributed by atoms with van der Waals surface area (Å²) in [7, 11) is 0. The molecule has 2 heterocycles. The molecule has 4 rings (SSSR count). The zero-order chi connectivity index (χ0) is 24.5. The number of hydrogen-bond donors (Lipinski definition) is 2. The summed E-state index contributed by atoms with van der Waals surface area (Å²) in [6.45, 7) is 6.22. The monoisotopic (exact) mass is 473 g/mol. The predicted molar refractivity (Wildman–Crippen MR) is 136 cm³/mol. The fourth-order valence-corrected chi connectivity index (χ4v) is 4.22. The van der Waals surface area contributed by atoms with Gasteiger partial charge in [0.2, 0.25) is 0 Å². The van der Waals surface area contributed by atoms with Crippen LogP contribution in [0.5, 0.6) is 5.75 Å². The summed E-state index contributed by atoms with van der Waals surface area (Å²) in [5, 5.41) is 5.45. The number of ether oxygens (including phenoxy) is 1. The summed E-state index contributed by atoms with van der Waals surface area (Å²) in [5.41, 5.74) is 2.76. The number of pyridine rings is 1. The highest BCUT2D eigenvalue weighted by Gasteiger charge is 2.26. The van der Waals surface area contributed by atoms with E-state index in [0.29, 0.717) is 24.6 Å². The molecule has 2 aromatic carbocycles. The van der Waals surface area contributed by atoms with Crippen LogP contribution in [0, 0.1) is 0 Å². The Morgan fingerprint density at radius 2 is 1.69 bits per heavy atom. The molecule has 1 aliphatic rings. The van der Waals surface area contributed by atoms with Crippen molar-refractivity contribution in [2.24, 2.45) is 0 Å². The zero-order valence-corrected chi connectivity index (χ0v) is 19.9. The van der Waals surface area contributed by atoms with Crippen molar-refractivity contribution < 1.29 is 14.3 Å². The third-order valence-electron chi connectivity index (χ3n) is 6.03. The second-order valence-electron chi connectivity index (χ2n) is 8.28. The smallest absolute Gasteiger partial charge is 0.313 e. The molecule has 0 unspecified atom stereocenters. The van der Waals surface area contributed by atoms with E-state index in [-0.39, 0.29) is 6.04 Å². The molecule has 0 spiro atoms. The number of carbonyl (C=O) groups excluding carboxylic acids is 2. The second kappa shape index (κ2) is 12.0. The average molecular weight is 474 g/mol. The van der Waals surface area contributed by atoms with Gasteiger partial charge >= 0.3 is 11.8 Å². The van der Waals surface area contributed by atoms with E-state index in [0.717, 1.165) is 31.7 Å². The van der Waals surface area contributed by atoms with Crippen LogP contribution in [0.25, 0.3) is 0 Å². The van der Waals surface area contributed by atoms with Gasteiger partial charge in [0, 0.05) is 56.5 Å². The first-order valence-corrected chi connectivity index (χ1v) is 11.9. The van der Waals surface area contributed by atoms with Crippen LogP contribution in [-0.2, 0) is 9.59 Å². The number of amides is 2. The van der Waals surface area contributed by atoms with E-state index in [1.807, 2.05) is 43.5 Å². The molecule has 2 amide bonds. The Kier molecular flexibility index (Phi) is 8.30. The normalized spacial score (nSPS) is 14.7. The maximum Gasteiger partial charge on any atom is 0.313 e. The third kappa shape index (κ3) is 6.58. The van der Waals surface area contributed by atoms with E-state index in [4.69, 9.17) is 4.74 Å². The molecule has 1 saturated heterocycles. The Hall–Kier alpha value is -3.91. The zero-order valence-electron chi connectivity index (χ0n) is 19.9. The van der Waals surface area contributed by atoms with Gasteiger partial charge in [-0.05, 0) is 55.0 Å². The first-order chi connectivity index (χ1) is 17.1. The van der Waals surface area contributed by atoms with Gasteiger partial charge in [-0.15, -0.1) is 0 Å². The van der Waals surface area contributed by atoms with Gasteiger partial charge in [0.1, 0.15) is 5.75 Å². The summed E-state index contributed by atoms with van der Waals surface area (Å²) in [6.07, 6.45) is 3.55. The minimum atomic E-state index is -0.701. The van der Waals surface area contributed by atoms with Gasteiger partial charge in [0.05, 0.1) is 12.6 Å². The summed E-state index contributed by atoms with van der Waals surface area (Å²) in [6, 6.07) is 21.1. The first kappa shape index (κ1) is 24.2. The fraction of sp³-hybridized carbons (Fsp3) is 0.296. The summed E-state index contributed by atoms with van der Waals surface area (Å²) < 4.78 is 5.40. The van der Waals surface area contributed by atoms with Crippen molar-refractivity contribution in [3.8, 4) is 5.75 Å². The molecule has 2 N–H and O–H groups in total. The molecule has 3 aromatic rings. The van der Waals surface area contributed by atoms with Crippen LogP contribution in [0.4, 0.5) is 11.4 Å². The Morgan fingerprint density at radius 3 is 2.34 bits per heavy atom. The van der Waals surface area contributed by atoms with Crippen molar-refractivity contribution in [1.82, 2.24) is 15.2 Å². The van der Waals surface area contributed by atoms with Gasteiger partial charge in [-0.25, -0.2) is 0 Å². The Morgan fingerprint density at radius 1 is 0.943 bits per heavy atom. The molecule has 1 aliphatic heterocycles. The SMILES string of the molecule is CCOc1ccc(NC(=O)C(=O)NC[C@H](c2cccnc2)N2CCN(c3ccccc3)CC2)cc1. The number of nitrogens with one attached hydrogen (secondary N) is 2. The van der Waals surface area contributed by atoms with Gasteiger partial charge in [-0.2, -0.15) is 0 Å². The molecule has 8 heteroatoms. The van der Waals surface area contributed by atoms with Gasteiger partial charge in [0.15, 0.2) is 0 Å². The number of carbonyl (C=O) groups is 2. The fourth-order valence-electron chi connectivity index (χ4n) is 4.22. The maximum absolute atomic E-state index is 12.6. The van der Waals surface area contributed by atoms with Crippen molar-refractivity contribution in [2.45, 2.75) is 13.0 Å². The Labute approximate surface area is 205 Å². The van der Waals surface area contributed by atoms with Crippen LogP contribution in [0.3, 0.4) is 0 Å². The first-order valence-electron chi connectivity index (χ1n) is 11.9. The molecule has 0 bridgehead atoms. The van der Waals surface area contributed by atoms with Crippen LogP contribution >= 0.6 is 0 Å². The molecule has 0 radical (unpaired) electrons. The average Bonchev–Trinajstić information content (AvgIpc) is 2.91. The van der Waals surface area contributed by atoms with Gasteiger partial charge < -0.3 is 20.3 Å². The highest BCUT2D eigenvalue weighted by molar-refractivity contribution is 6.39. The van der Waals surface area contributed by atoms with Crippen LogP contribution in [0.1, 0.15) is 18.5 Å². The van der Waals surface area contributed by atoms with Crippen LogP contribution < -0.4 is 20.3 Å². The van der Waals surface area contributed by atoms with Crippen molar-refractivity contribution in [3.63, 3.8) is 0 Å². The summed E-state index contributed by atoms with van der Waals surface area (Å²) in [5.74, 6) is -0.662. The standard InChI is InChI=1S/C27H31N5O3/c1-2-35-24-12-10-22(11-13-24)30-27(34)26(33)29-20-25(21-7-6-14-28-19-21)32-17-15-31(16-18-32)23-8-4-3-5-9-23/h3-14,19,25H,2,15-18,20H2,1H3,(H,29,33)(H,30,34)/t25-/m1/s1. The highest BCUT2D eigenvalue weighted by Crippen LogP contribution is 2.23. The molecule has 182 valence electrons. The lowest BCUT2D eigenvalue weighted by Gasteiger charge is -2.40. The van der Waals surface area contributed by atoms with E-state index in [1.54, 1.807) is 30.5 Å². The molecule has 8 nitrogen and oxygen atoms in total. The number of aromatic nitrogens is 1. The van der Waals surface area contributed by atoms with Crippen molar-refractivity contribution in [3.05, 3.63) is 84.7 Å². The van der Waals surface area contributed by atoms with E-state index in [1.165, 1.54) is 5.69 Å². The van der Waals surface area contributed by atoms with Crippen LogP contribution in [-0.4, -0.2) is 61.0 Å². The van der Waals surface area contributed by atoms with Gasteiger partial charge in [0.25, 0.3) is 0 Å². The lowest BCUT2D eigenvalue weighted by atomic mass is 10.1. The molecule has 1 atom stereocenters. The van der Waals surface area contributed by atoms with Gasteiger partial charge in [-0.1, -0.05) is 24.3 Å². The number of para-hydroxylation sites is 1. The molecule has 1 aromatic heterocycles. The van der Waals surface area contributed by atoms with E-state index in [2.05, 4.69) is 37.6 Å². The second-order valence-corrected chi connectivity index (χ2v) is 8.28. The lowest BCUT2D eigenvalue weighted by Crippen LogP contribution is -2.50. The summed E-state index contributed by atoms with van der Waals surface area (Å²) >= 11 is 0. The van der Waals surface area contributed by atoms with E-state index >= 15 is 0 Å². The van der Waals surface area contributed by atoms with Gasteiger partial charge in [-0.3, -0.25) is 19.5 Å². The van der Waals surface area contributed by atoms with Crippen LogP contribution in [0.2, 0.25) is 0 Å². The van der Waals surface area contributed by atoms with Crippen molar-refractivity contribution in [2.75, 3.05) is 49.5 Å².